The number of ether oxygens (including phenoxy) is 1. The van der Waals surface area contributed by atoms with Crippen molar-refractivity contribution in [3.05, 3.63) is 52.5 Å². The number of benzene rings is 2. The Morgan fingerprint density at radius 1 is 1.35 bits per heavy atom. The minimum absolute atomic E-state index is 0.125. The molecule has 5 heteroatoms. The van der Waals surface area contributed by atoms with Gasteiger partial charge >= 0.3 is 6.92 Å². The lowest BCUT2D eigenvalue weighted by Crippen LogP contribution is -2.23. The second-order valence-corrected chi connectivity index (χ2v) is 5.05. The highest BCUT2D eigenvalue weighted by Gasteiger charge is 2.23. The van der Waals surface area contributed by atoms with Gasteiger partial charge in [-0.05, 0) is 35.3 Å². The maximum absolute atomic E-state index is 9.13. The van der Waals surface area contributed by atoms with E-state index < -0.39 is 0 Å². The average molecular weight is 284 g/mol. The molecule has 1 aliphatic rings. The van der Waals surface area contributed by atoms with E-state index in [1.165, 1.54) is 5.46 Å². The maximum Gasteiger partial charge on any atom is 0.324 e. The van der Waals surface area contributed by atoms with Crippen molar-refractivity contribution in [2.24, 2.45) is 0 Å². The van der Waals surface area contributed by atoms with Gasteiger partial charge in [0.1, 0.15) is 23.1 Å². The Labute approximate surface area is 122 Å². The Kier molecular flexibility index (Phi) is 3.39. The number of rotatable bonds is 2. The van der Waals surface area contributed by atoms with Crippen molar-refractivity contribution in [2.75, 3.05) is 0 Å². The van der Waals surface area contributed by atoms with Crippen LogP contribution in [0, 0.1) is 11.3 Å². The lowest BCUT2D eigenvalue weighted by molar-refractivity contribution is 0.333. The lowest BCUT2D eigenvalue weighted by atomic mass is 9.64. The van der Waals surface area contributed by atoms with Crippen molar-refractivity contribution in [2.45, 2.75) is 13.4 Å². The SMILES string of the molecule is CB1OCc2cc(Oc3cccc(Cl)c3C#N)ccc21. The third-order valence-electron chi connectivity index (χ3n) is 3.36. The van der Waals surface area contributed by atoms with Gasteiger partial charge in [0.15, 0.2) is 0 Å². The van der Waals surface area contributed by atoms with Gasteiger partial charge in [0.2, 0.25) is 0 Å². The second-order valence-electron chi connectivity index (χ2n) is 4.64. The molecule has 0 aromatic heterocycles. The summed E-state index contributed by atoms with van der Waals surface area (Å²) in [5, 5.41) is 9.52. The summed E-state index contributed by atoms with van der Waals surface area (Å²) >= 11 is 5.99. The zero-order valence-electron chi connectivity index (χ0n) is 10.9. The summed E-state index contributed by atoms with van der Waals surface area (Å²) in [5.74, 6) is 1.15. The normalized spacial score (nSPS) is 12.9. The van der Waals surface area contributed by atoms with Crippen LogP contribution in [0.2, 0.25) is 11.8 Å². The average Bonchev–Trinajstić information content (AvgIpc) is 2.80. The Hall–Kier alpha value is -1.96. The molecule has 0 atom stereocenters. The van der Waals surface area contributed by atoms with E-state index >= 15 is 0 Å². The molecule has 2 aromatic carbocycles. The van der Waals surface area contributed by atoms with E-state index in [0.29, 0.717) is 28.7 Å². The van der Waals surface area contributed by atoms with Crippen LogP contribution in [0.4, 0.5) is 0 Å². The van der Waals surface area contributed by atoms with E-state index in [2.05, 4.69) is 6.07 Å². The number of hydrogen-bond donors (Lipinski definition) is 0. The van der Waals surface area contributed by atoms with E-state index in [0.717, 1.165) is 5.56 Å². The zero-order chi connectivity index (χ0) is 14.1. The smallest absolute Gasteiger partial charge is 0.324 e. The molecule has 0 unspecified atom stereocenters. The van der Waals surface area contributed by atoms with Crippen LogP contribution in [0.3, 0.4) is 0 Å². The summed E-state index contributed by atoms with van der Waals surface area (Å²) in [5.41, 5.74) is 2.65. The maximum atomic E-state index is 9.13. The predicted octanol–water partition coefficient (Wildman–Crippen LogP) is 3.36. The van der Waals surface area contributed by atoms with Crippen molar-refractivity contribution >= 4 is 24.0 Å². The fraction of sp³-hybridized carbons (Fsp3) is 0.133. The Morgan fingerprint density at radius 3 is 3.00 bits per heavy atom. The first-order chi connectivity index (χ1) is 9.69. The minimum Gasteiger partial charge on any atom is -0.456 e. The second kappa shape index (κ2) is 5.20. The molecule has 1 aliphatic heterocycles. The number of nitrogens with zero attached hydrogens (tertiary/aromatic N) is 1. The highest BCUT2D eigenvalue weighted by atomic mass is 35.5. The first-order valence-electron chi connectivity index (χ1n) is 6.30. The van der Waals surface area contributed by atoms with Crippen LogP contribution >= 0.6 is 11.6 Å². The third-order valence-corrected chi connectivity index (χ3v) is 3.67. The number of fused-ring (bicyclic) bond motifs is 1. The van der Waals surface area contributed by atoms with Crippen LogP contribution in [0.25, 0.3) is 0 Å². The van der Waals surface area contributed by atoms with E-state index in [9.17, 15) is 0 Å². The molecule has 3 nitrogen and oxygen atoms in total. The quantitative estimate of drug-likeness (QED) is 0.794. The van der Waals surface area contributed by atoms with Gasteiger partial charge < -0.3 is 9.39 Å². The summed E-state index contributed by atoms with van der Waals surface area (Å²) in [6.07, 6.45) is 0. The van der Waals surface area contributed by atoms with E-state index in [4.69, 9.17) is 26.3 Å². The van der Waals surface area contributed by atoms with Crippen LogP contribution in [-0.4, -0.2) is 6.92 Å². The number of nitriles is 1. The molecule has 0 spiro atoms. The van der Waals surface area contributed by atoms with Crippen molar-refractivity contribution in [1.29, 1.82) is 5.26 Å². The first-order valence-corrected chi connectivity index (χ1v) is 6.67. The van der Waals surface area contributed by atoms with Crippen molar-refractivity contribution in [3.8, 4) is 17.6 Å². The largest absolute Gasteiger partial charge is 0.456 e. The van der Waals surface area contributed by atoms with Gasteiger partial charge in [-0.1, -0.05) is 30.6 Å². The molecule has 0 amide bonds. The molecule has 0 saturated carbocycles. The van der Waals surface area contributed by atoms with Gasteiger partial charge in [-0.25, -0.2) is 0 Å². The van der Waals surface area contributed by atoms with Crippen LogP contribution in [0.15, 0.2) is 36.4 Å². The molecule has 0 saturated heterocycles. The molecule has 0 radical (unpaired) electrons. The fourth-order valence-corrected chi connectivity index (χ4v) is 2.50. The van der Waals surface area contributed by atoms with Crippen molar-refractivity contribution in [3.63, 3.8) is 0 Å². The summed E-state index contributed by atoms with van der Waals surface area (Å²) in [4.78, 5) is 0. The molecule has 2 aromatic rings. The Bertz CT molecular complexity index is 712. The predicted molar refractivity (Wildman–Crippen MR) is 78.7 cm³/mol. The monoisotopic (exact) mass is 283 g/mol. The fourth-order valence-electron chi connectivity index (χ4n) is 2.30. The van der Waals surface area contributed by atoms with E-state index in [1.807, 2.05) is 25.0 Å². The number of hydrogen-bond acceptors (Lipinski definition) is 3. The molecule has 0 fully saturated rings. The van der Waals surface area contributed by atoms with Crippen LogP contribution < -0.4 is 10.2 Å². The van der Waals surface area contributed by atoms with Gasteiger partial charge in [0.25, 0.3) is 0 Å². The zero-order valence-corrected chi connectivity index (χ0v) is 11.6. The molecule has 98 valence electrons. The van der Waals surface area contributed by atoms with Crippen LogP contribution in [-0.2, 0) is 11.3 Å². The summed E-state index contributed by atoms with van der Waals surface area (Å²) < 4.78 is 11.3. The van der Waals surface area contributed by atoms with Gasteiger partial charge in [0, 0.05) is 0 Å². The van der Waals surface area contributed by atoms with Crippen LogP contribution in [0.1, 0.15) is 11.1 Å². The lowest BCUT2D eigenvalue weighted by Gasteiger charge is -2.09. The number of halogens is 1. The molecule has 1 heterocycles. The highest BCUT2D eigenvalue weighted by molar-refractivity contribution is 6.67. The summed E-state index contributed by atoms with van der Waals surface area (Å²) in [6.45, 7) is 2.74. The molecule has 3 rings (SSSR count). The minimum atomic E-state index is 0.125. The van der Waals surface area contributed by atoms with E-state index in [-0.39, 0.29) is 6.92 Å². The molecule has 0 bridgehead atoms. The first kappa shape index (κ1) is 13.0. The highest BCUT2D eigenvalue weighted by Crippen LogP contribution is 2.30. The standard InChI is InChI=1S/C15H11BClNO2/c1-16-13-6-5-11(7-10(13)9-19-16)20-15-4-2-3-14(17)12(15)8-18/h2-7H,9H2,1H3. The molecule has 0 aliphatic carbocycles. The molecular weight excluding hydrogens is 272 g/mol. The van der Waals surface area contributed by atoms with Crippen molar-refractivity contribution in [1.82, 2.24) is 0 Å². The van der Waals surface area contributed by atoms with Gasteiger partial charge in [0.05, 0.1) is 11.6 Å². The molecular formula is C15H11BClNO2. The Morgan fingerprint density at radius 2 is 2.20 bits per heavy atom. The third kappa shape index (κ3) is 2.26. The molecule has 0 N–H and O–H groups in total. The van der Waals surface area contributed by atoms with E-state index in [1.54, 1.807) is 18.2 Å². The van der Waals surface area contributed by atoms with Gasteiger partial charge in [-0.15, -0.1) is 0 Å². The topological polar surface area (TPSA) is 42.2 Å². The Balaban J connectivity index is 1.93. The van der Waals surface area contributed by atoms with Gasteiger partial charge in [-0.3, -0.25) is 0 Å². The summed E-state index contributed by atoms with van der Waals surface area (Å²) in [7, 11) is 0. The van der Waals surface area contributed by atoms with Crippen LogP contribution in [0.5, 0.6) is 11.5 Å². The van der Waals surface area contributed by atoms with Crippen molar-refractivity contribution < 1.29 is 9.39 Å². The molecule has 20 heavy (non-hydrogen) atoms. The summed E-state index contributed by atoms with van der Waals surface area (Å²) in [6, 6.07) is 13.1. The van der Waals surface area contributed by atoms with Gasteiger partial charge in [-0.2, -0.15) is 5.26 Å².